The van der Waals surface area contributed by atoms with Gasteiger partial charge in [-0.3, -0.25) is 14.6 Å². The monoisotopic (exact) mass is 386 g/mol. The van der Waals surface area contributed by atoms with Gasteiger partial charge in [0.15, 0.2) is 0 Å². The molecule has 4 bridgehead atoms. The fourth-order valence-corrected chi connectivity index (χ4v) is 5.87. The lowest BCUT2D eigenvalue weighted by Gasteiger charge is -2.67. The van der Waals surface area contributed by atoms with Crippen LogP contribution in [-0.2, 0) is 4.79 Å². The first-order valence-corrected chi connectivity index (χ1v) is 10.1. The van der Waals surface area contributed by atoms with Crippen LogP contribution >= 0.6 is 0 Å². The molecule has 5 N–H and O–H groups in total. The molecule has 0 spiro atoms. The number of aliphatic hydroxyl groups is 5. The molecule has 8 nitrogen and oxygen atoms in total. The van der Waals surface area contributed by atoms with Crippen molar-refractivity contribution in [3.8, 4) is 0 Å². The third kappa shape index (κ3) is 3.25. The Hall–Kier alpha value is -0.610. The molecule has 4 heterocycles. The van der Waals surface area contributed by atoms with E-state index in [0.717, 1.165) is 25.7 Å². The predicted octanol–water partition coefficient (Wildman–Crippen LogP) is -1.46. The lowest BCUT2D eigenvalue weighted by atomic mass is 9.57. The molecule has 0 aromatic rings. The summed E-state index contributed by atoms with van der Waals surface area (Å²) in [6.45, 7) is 5.65. The number of piperidine rings is 2. The van der Waals surface area contributed by atoms with Crippen LogP contribution in [0.4, 0.5) is 0 Å². The molecule has 0 radical (unpaired) electrons. The highest BCUT2D eigenvalue weighted by Crippen LogP contribution is 2.52. The number of rotatable bonds is 9. The Labute approximate surface area is 160 Å². The smallest absolute Gasteiger partial charge is 0.150 e. The van der Waals surface area contributed by atoms with Crippen LogP contribution in [0.1, 0.15) is 39.5 Å². The Morgan fingerprint density at radius 3 is 1.74 bits per heavy atom. The maximum absolute atomic E-state index is 13.4. The summed E-state index contributed by atoms with van der Waals surface area (Å²) in [5.74, 6) is 0.357. The standard InChI is InChI=1S/C19H34N2O6/c1-3-5-18-8-20-10-19(6-4-2,17(18)27)11-21(9-18)16(20)15(26)14(25)13(24)12(23)7-22/h12-16,22-26H,3-11H2,1-2H3/t12-,13+,14-,15-,16?,18?,19?/m1/s1. The highest BCUT2D eigenvalue weighted by Gasteiger charge is 2.65. The van der Waals surface area contributed by atoms with Crippen molar-refractivity contribution >= 4 is 5.78 Å². The molecule has 0 aliphatic carbocycles. The van der Waals surface area contributed by atoms with E-state index >= 15 is 0 Å². The van der Waals surface area contributed by atoms with E-state index in [4.69, 9.17) is 5.11 Å². The van der Waals surface area contributed by atoms with Gasteiger partial charge in [0.2, 0.25) is 0 Å². The maximum Gasteiger partial charge on any atom is 0.150 e. The zero-order valence-corrected chi connectivity index (χ0v) is 16.3. The van der Waals surface area contributed by atoms with Gasteiger partial charge < -0.3 is 25.5 Å². The molecule has 4 aliphatic heterocycles. The Morgan fingerprint density at radius 1 is 0.926 bits per heavy atom. The van der Waals surface area contributed by atoms with Crippen LogP contribution < -0.4 is 0 Å². The zero-order valence-electron chi connectivity index (χ0n) is 16.3. The van der Waals surface area contributed by atoms with Crippen molar-refractivity contribution in [3.05, 3.63) is 0 Å². The summed E-state index contributed by atoms with van der Waals surface area (Å²) in [6.07, 6.45) is -3.13. The number of Topliss-reactive ketones (excluding diaryl/α,β-unsaturated/α-hetero) is 1. The molecule has 4 atom stereocenters. The van der Waals surface area contributed by atoms with Gasteiger partial charge >= 0.3 is 0 Å². The van der Waals surface area contributed by atoms with E-state index in [0.29, 0.717) is 32.0 Å². The van der Waals surface area contributed by atoms with Crippen molar-refractivity contribution in [1.29, 1.82) is 0 Å². The SMILES string of the molecule is CCCC12CN3CC(CCC)(CN(C1)C3[C@H](O)[C@H](O)[C@@H](O)[C@H](O)CO)C2=O. The molecule has 0 amide bonds. The number of nitrogens with zero attached hydrogens (tertiary/aromatic N) is 2. The summed E-state index contributed by atoms with van der Waals surface area (Å²) in [7, 11) is 0. The fraction of sp³-hybridized carbons (Fsp3) is 0.947. The van der Waals surface area contributed by atoms with E-state index in [1.54, 1.807) is 0 Å². The zero-order chi connectivity index (χ0) is 20.0. The molecule has 0 aromatic carbocycles. The molecule has 0 aromatic heterocycles. The van der Waals surface area contributed by atoms with E-state index in [1.165, 1.54) is 0 Å². The molecular weight excluding hydrogens is 352 g/mol. The van der Waals surface area contributed by atoms with Crippen molar-refractivity contribution < 1.29 is 30.3 Å². The molecule has 0 saturated carbocycles. The topological polar surface area (TPSA) is 125 Å². The van der Waals surface area contributed by atoms with Gasteiger partial charge in [-0.2, -0.15) is 0 Å². The quantitative estimate of drug-likeness (QED) is 0.326. The summed E-state index contributed by atoms with van der Waals surface area (Å²) in [4.78, 5) is 17.5. The first kappa shape index (κ1) is 21.1. The van der Waals surface area contributed by atoms with Gasteiger partial charge in [-0.05, 0) is 12.8 Å². The minimum absolute atomic E-state index is 0.357. The van der Waals surface area contributed by atoms with Crippen molar-refractivity contribution in [1.82, 2.24) is 9.80 Å². The van der Waals surface area contributed by atoms with E-state index in [2.05, 4.69) is 23.6 Å². The average molecular weight is 386 g/mol. The Balaban J connectivity index is 1.86. The van der Waals surface area contributed by atoms with Crippen molar-refractivity contribution in [2.45, 2.75) is 70.1 Å². The third-order valence-corrected chi connectivity index (χ3v) is 6.78. The first-order valence-electron chi connectivity index (χ1n) is 10.1. The molecule has 4 fully saturated rings. The number of aliphatic hydroxyl groups excluding tert-OH is 5. The Bertz CT molecular complexity index is 514. The summed E-state index contributed by atoms with van der Waals surface area (Å²) in [5.41, 5.74) is -0.852. The van der Waals surface area contributed by atoms with E-state index < -0.39 is 48.0 Å². The van der Waals surface area contributed by atoms with Gasteiger partial charge in [-0.25, -0.2) is 0 Å². The van der Waals surface area contributed by atoms with Crippen LogP contribution in [0, 0.1) is 10.8 Å². The lowest BCUT2D eigenvalue weighted by molar-refractivity contribution is -0.235. The molecule has 0 unspecified atom stereocenters. The minimum Gasteiger partial charge on any atom is -0.394 e. The van der Waals surface area contributed by atoms with Gasteiger partial charge in [0.05, 0.1) is 23.6 Å². The predicted molar refractivity (Wildman–Crippen MR) is 97.7 cm³/mol. The highest BCUT2D eigenvalue weighted by molar-refractivity contribution is 5.93. The lowest BCUT2D eigenvalue weighted by Crippen LogP contribution is -2.81. The summed E-state index contributed by atoms with van der Waals surface area (Å²) in [5, 5.41) is 49.8. The van der Waals surface area contributed by atoms with E-state index in [1.807, 2.05) is 0 Å². The molecule has 4 aliphatic rings. The molecule has 8 heteroatoms. The normalized spacial score (nSPS) is 42.2. The second-order valence-electron chi connectivity index (χ2n) is 8.84. The number of ketones is 1. The second-order valence-corrected chi connectivity index (χ2v) is 8.84. The van der Waals surface area contributed by atoms with Gasteiger partial charge in [0, 0.05) is 26.2 Å². The van der Waals surface area contributed by atoms with Crippen LogP contribution in [-0.4, -0.2) is 104 Å². The Kier molecular flexibility index (Phi) is 5.99. The van der Waals surface area contributed by atoms with Crippen molar-refractivity contribution in [3.63, 3.8) is 0 Å². The third-order valence-electron chi connectivity index (χ3n) is 6.78. The van der Waals surface area contributed by atoms with Crippen LogP contribution in [0.2, 0.25) is 0 Å². The Morgan fingerprint density at radius 2 is 1.37 bits per heavy atom. The van der Waals surface area contributed by atoms with Gasteiger partial charge in [-0.15, -0.1) is 0 Å². The van der Waals surface area contributed by atoms with E-state index in [-0.39, 0.29) is 0 Å². The first-order chi connectivity index (χ1) is 12.7. The van der Waals surface area contributed by atoms with E-state index in [9.17, 15) is 25.2 Å². The maximum atomic E-state index is 13.4. The summed E-state index contributed by atoms with van der Waals surface area (Å²) < 4.78 is 0. The highest BCUT2D eigenvalue weighted by atomic mass is 16.4. The average Bonchev–Trinajstić information content (AvgIpc) is 2.63. The molecule has 4 rings (SSSR count). The number of carbonyl (C=O) groups excluding carboxylic acids is 1. The molecule has 27 heavy (non-hydrogen) atoms. The van der Waals surface area contributed by atoms with Gasteiger partial charge in [0.25, 0.3) is 0 Å². The largest absolute Gasteiger partial charge is 0.394 e. The van der Waals surface area contributed by atoms with Crippen LogP contribution in [0.15, 0.2) is 0 Å². The summed E-state index contributed by atoms with van der Waals surface area (Å²) >= 11 is 0. The van der Waals surface area contributed by atoms with Crippen LogP contribution in [0.25, 0.3) is 0 Å². The number of hydrogen-bond acceptors (Lipinski definition) is 8. The van der Waals surface area contributed by atoms with Crippen LogP contribution in [0.5, 0.6) is 0 Å². The second kappa shape index (κ2) is 7.67. The number of hydrogen-bond donors (Lipinski definition) is 5. The van der Waals surface area contributed by atoms with Gasteiger partial charge in [0.1, 0.15) is 30.2 Å². The van der Waals surface area contributed by atoms with Crippen LogP contribution in [0.3, 0.4) is 0 Å². The van der Waals surface area contributed by atoms with Crippen molar-refractivity contribution in [2.75, 3.05) is 32.8 Å². The molecular formula is C19H34N2O6. The van der Waals surface area contributed by atoms with Gasteiger partial charge in [-0.1, -0.05) is 26.7 Å². The minimum atomic E-state index is -1.64. The molecule has 156 valence electrons. The molecule has 4 saturated heterocycles. The summed E-state index contributed by atoms with van der Waals surface area (Å²) in [6, 6.07) is 0. The van der Waals surface area contributed by atoms with Crippen molar-refractivity contribution in [2.24, 2.45) is 10.8 Å². The number of carbonyl (C=O) groups is 1. The fourth-order valence-electron chi connectivity index (χ4n) is 5.87.